The third-order valence-electron chi connectivity index (χ3n) is 3.44. The van der Waals surface area contributed by atoms with Crippen molar-refractivity contribution in [1.29, 1.82) is 0 Å². The van der Waals surface area contributed by atoms with E-state index in [1.165, 1.54) is 4.68 Å². The second kappa shape index (κ2) is 5.25. The van der Waals surface area contributed by atoms with E-state index in [2.05, 4.69) is 10.3 Å². The molecule has 20 heavy (non-hydrogen) atoms. The van der Waals surface area contributed by atoms with E-state index in [1.807, 2.05) is 61.5 Å². The molecule has 0 spiro atoms. The maximum atomic E-state index is 12.4. The zero-order valence-electron chi connectivity index (χ0n) is 11.2. The molecule has 0 aliphatic carbocycles. The quantitative estimate of drug-likeness (QED) is 0.730. The normalized spacial score (nSPS) is 12.4. The molecule has 100 valence electrons. The summed E-state index contributed by atoms with van der Waals surface area (Å²) in [4.78, 5) is 12.4. The fourth-order valence-electron chi connectivity index (χ4n) is 2.30. The van der Waals surface area contributed by atoms with Crippen LogP contribution >= 0.6 is 0 Å². The average molecular weight is 265 g/mol. The highest BCUT2D eigenvalue weighted by atomic mass is 16.2. The molecule has 0 bridgehead atoms. The van der Waals surface area contributed by atoms with Crippen LogP contribution in [-0.2, 0) is 0 Å². The zero-order chi connectivity index (χ0) is 13.9. The largest absolute Gasteiger partial charge is 0.272 e. The predicted octanol–water partition coefficient (Wildman–Crippen LogP) is 3.27. The molecule has 0 radical (unpaired) electrons. The molecule has 0 amide bonds. The fourth-order valence-corrected chi connectivity index (χ4v) is 2.30. The van der Waals surface area contributed by atoms with Gasteiger partial charge >= 0.3 is 0 Å². The Morgan fingerprint density at radius 3 is 2.60 bits per heavy atom. The van der Waals surface area contributed by atoms with Gasteiger partial charge in [0.2, 0.25) is 5.91 Å². The minimum absolute atomic E-state index is 0.0324. The van der Waals surface area contributed by atoms with Crippen LogP contribution in [0.1, 0.15) is 29.6 Å². The van der Waals surface area contributed by atoms with Gasteiger partial charge in [0.1, 0.15) is 5.52 Å². The molecule has 4 nitrogen and oxygen atoms in total. The number of hydrogen-bond acceptors (Lipinski definition) is 3. The fraction of sp³-hybridized carbons (Fsp3) is 0.188. The van der Waals surface area contributed by atoms with Gasteiger partial charge in [-0.2, -0.15) is 4.68 Å². The van der Waals surface area contributed by atoms with Crippen LogP contribution in [0.5, 0.6) is 0 Å². The Morgan fingerprint density at radius 2 is 1.80 bits per heavy atom. The standard InChI is InChI=1S/C16H15N3O/c1-12(13-7-3-2-4-8-13)11-16(20)19-15-10-6-5-9-14(15)17-18-19/h2-10,12H,11H2,1H3/t12-/m1/s1. The first-order valence-electron chi connectivity index (χ1n) is 6.64. The Balaban J connectivity index is 1.83. The van der Waals surface area contributed by atoms with Gasteiger partial charge in [-0.05, 0) is 23.6 Å². The van der Waals surface area contributed by atoms with Gasteiger partial charge in [-0.25, -0.2) is 0 Å². The van der Waals surface area contributed by atoms with Crippen molar-refractivity contribution >= 4 is 16.9 Å². The van der Waals surface area contributed by atoms with Gasteiger partial charge in [0.25, 0.3) is 0 Å². The monoisotopic (exact) mass is 265 g/mol. The van der Waals surface area contributed by atoms with Crippen LogP contribution in [0.2, 0.25) is 0 Å². The number of hydrogen-bond donors (Lipinski definition) is 0. The third kappa shape index (κ3) is 2.32. The number of nitrogens with zero attached hydrogens (tertiary/aromatic N) is 3. The first-order chi connectivity index (χ1) is 9.75. The molecular weight excluding hydrogens is 250 g/mol. The number of carbonyl (C=O) groups excluding carboxylic acids is 1. The molecule has 3 aromatic rings. The van der Waals surface area contributed by atoms with Crippen molar-refractivity contribution in [2.75, 3.05) is 0 Å². The smallest absolute Gasteiger partial charge is 0.249 e. The van der Waals surface area contributed by atoms with E-state index < -0.39 is 0 Å². The van der Waals surface area contributed by atoms with Crippen molar-refractivity contribution in [3.8, 4) is 0 Å². The van der Waals surface area contributed by atoms with Gasteiger partial charge in [0.15, 0.2) is 0 Å². The highest BCUT2D eigenvalue weighted by molar-refractivity contribution is 5.89. The Morgan fingerprint density at radius 1 is 1.10 bits per heavy atom. The molecule has 1 atom stereocenters. The van der Waals surface area contributed by atoms with Crippen LogP contribution in [0.3, 0.4) is 0 Å². The molecule has 0 unspecified atom stereocenters. The highest BCUT2D eigenvalue weighted by Crippen LogP contribution is 2.20. The van der Waals surface area contributed by atoms with Gasteiger partial charge in [0, 0.05) is 6.42 Å². The summed E-state index contributed by atoms with van der Waals surface area (Å²) in [5.74, 6) is 0.127. The van der Waals surface area contributed by atoms with Crippen molar-refractivity contribution in [2.24, 2.45) is 0 Å². The number of fused-ring (bicyclic) bond motifs is 1. The van der Waals surface area contributed by atoms with Crippen LogP contribution in [-0.4, -0.2) is 20.9 Å². The summed E-state index contributed by atoms with van der Waals surface area (Å²) in [6.07, 6.45) is 0.414. The lowest BCUT2D eigenvalue weighted by Gasteiger charge is -2.10. The summed E-state index contributed by atoms with van der Waals surface area (Å²) in [6, 6.07) is 17.5. The van der Waals surface area contributed by atoms with E-state index in [1.54, 1.807) is 0 Å². The second-order valence-corrected chi connectivity index (χ2v) is 4.90. The maximum absolute atomic E-state index is 12.4. The molecule has 0 N–H and O–H groups in total. The van der Waals surface area contributed by atoms with Crippen LogP contribution < -0.4 is 0 Å². The Kier molecular flexibility index (Phi) is 3.29. The average Bonchev–Trinajstić information content (AvgIpc) is 2.92. The zero-order valence-corrected chi connectivity index (χ0v) is 11.2. The van der Waals surface area contributed by atoms with E-state index in [-0.39, 0.29) is 11.8 Å². The van der Waals surface area contributed by atoms with E-state index >= 15 is 0 Å². The van der Waals surface area contributed by atoms with Crippen LogP contribution in [0.25, 0.3) is 11.0 Å². The number of carbonyl (C=O) groups is 1. The maximum Gasteiger partial charge on any atom is 0.249 e. The van der Waals surface area contributed by atoms with E-state index in [4.69, 9.17) is 0 Å². The summed E-state index contributed by atoms with van der Waals surface area (Å²) in [5, 5.41) is 7.97. The SMILES string of the molecule is C[C@H](CC(=O)n1nnc2ccccc21)c1ccccc1. The second-order valence-electron chi connectivity index (χ2n) is 4.90. The Bertz CT molecular complexity index is 734. The van der Waals surface area contributed by atoms with Gasteiger partial charge < -0.3 is 0 Å². The van der Waals surface area contributed by atoms with Crippen molar-refractivity contribution in [1.82, 2.24) is 15.0 Å². The molecule has 1 heterocycles. The molecular formula is C16H15N3O. The van der Waals surface area contributed by atoms with Crippen molar-refractivity contribution in [3.05, 3.63) is 60.2 Å². The predicted molar refractivity (Wildman–Crippen MR) is 77.6 cm³/mol. The summed E-state index contributed by atoms with van der Waals surface area (Å²) >= 11 is 0. The molecule has 2 aromatic carbocycles. The molecule has 0 saturated carbocycles. The summed E-state index contributed by atoms with van der Waals surface area (Å²) in [5.41, 5.74) is 2.66. The first-order valence-corrected chi connectivity index (χ1v) is 6.64. The summed E-state index contributed by atoms with van der Waals surface area (Å²) < 4.78 is 1.40. The van der Waals surface area contributed by atoms with Crippen molar-refractivity contribution in [3.63, 3.8) is 0 Å². The van der Waals surface area contributed by atoms with Crippen LogP contribution in [0, 0.1) is 0 Å². The molecule has 0 aliphatic heterocycles. The summed E-state index contributed by atoms with van der Waals surface area (Å²) in [7, 11) is 0. The Hall–Kier alpha value is -2.49. The number of aromatic nitrogens is 3. The molecule has 3 rings (SSSR count). The highest BCUT2D eigenvalue weighted by Gasteiger charge is 2.16. The molecule has 0 saturated heterocycles. The third-order valence-corrected chi connectivity index (χ3v) is 3.44. The molecule has 1 aromatic heterocycles. The van der Waals surface area contributed by atoms with Crippen LogP contribution in [0.4, 0.5) is 0 Å². The van der Waals surface area contributed by atoms with Crippen LogP contribution in [0.15, 0.2) is 54.6 Å². The molecule has 0 aliphatic rings. The lowest BCUT2D eigenvalue weighted by molar-refractivity contribution is 0.0882. The number of benzene rings is 2. The molecule has 0 fully saturated rings. The Labute approximate surface area is 117 Å². The lowest BCUT2D eigenvalue weighted by atomic mass is 9.98. The van der Waals surface area contributed by atoms with E-state index in [0.717, 1.165) is 16.6 Å². The van der Waals surface area contributed by atoms with Gasteiger partial charge in [0.05, 0.1) is 5.52 Å². The minimum Gasteiger partial charge on any atom is -0.272 e. The first kappa shape index (κ1) is 12.5. The van der Waals surface area contributed by atoms with E-state index in [9.17, 15) is 4.79 Å². The van der Waals surface area contributed by atoms with Gasteiger partial charge in [-0.1, -0.05) is 54.6 Å². The topological polar surface area (TPSA) is 47.8 Å². The lowest BCUT2D eigenvalue weighted by Crippen LogP contribution is -2.15. The van der Waals surface area contributed by atoms with Crippen molar-refractivity contribution in [2.45, 2.75) is 19.3 Å². The van der Waals surface area contributed by atoms with Gasteiger partial charge in [-0.3, -0.25) is 4.79 Å². The number of rotatable bonds is 3. The minimum atomic E-state index is -0.0324. The number of para-hydroxylation sites is 1. The van der Waals surface area contributed by atoms with Crippen molar-refractivity contribution < 1.29 is 4.79 Å². The van der Waals surface area contributed by atoms with E-state index in [0.29, 0.717) is 6.42 Å². The molecule has 4 heteroatoms. The van der Waals surface area contributed by atoms with Gasteiger partial charge in [-0.15, -0.1) is 5.10 Å². The summed E-state index contributed by atoms with van der Waals surface area (Å²) in [6.45, 7) is 2.05.